The summed E-state index contributed by atoms with van der Waals surface area (Å²) in [4.78, 5) is 23.7. The molecule has 134 valence electrons. The molecule has 1 amide bonds. The van der Waals surface area contributed by atoms with Crippen LogP contribution < -0.4 is 16.8 Å². The number of anilines is 2. The smallest absolute Gasteiger partial charge is 0.230 e. The molecule has 1 fully saturated rings. The van der Waals surface area contributed by atoms with Crippen molar-refractivity contribution in [3.05, 3.63) is 0 Å². The molecular formula is C16H28N6OS. The van der Waals surface area contributed by atoms with Gasteiger partial charge < -0.3 is 16.8 Å². The van der Waals surface area contributed by atoms with Crippen LogP contribution in [0.2, 0.25) is 0 Å². The number of nitrogens with zero attached hydrogens (tertiary/aromatic N) is 3. The van der Waals surface area contributed by atoms with E-state index < -0.39 is 0 Å². The van der Waals surface area contributed by atoms with Crippen LogP contribution >= 0.6 is 11.8 Å². The minimum atomic E-state index is -0.00393. The predicted octanol–water partition coefficient (Wildman–Crippen LogP) is 2.24. The molecule has 0 atom stereocenters. The second-order valence-corrected chi connectivity index (χ2v) is 8.02. The summed E-state index contributed by atoms with van der Waals surface area (Å²) in [5, 5.41) is 3.49. The van der Waals surface area contributed by atoms with E-state index >= 15 is 0 Å². The number of nitrogens with one attached hydrogen (secondary N) is 1. The first-order chi connectivity index (χ1) is 11.3. The molecule has 5 N–H and O–H groups in total. The fraction of sp³-hybridized carbons (Fsp3) is 0.750. The zero-order valence-corrected chi connectivity index (χ0v) is 15.5. The summed E-state index contributed by atoms with van der Waals surface area (Å²) in [6.07, 6.45) is 5.66. The minimum Gasteiger partial charge on any atom is -0.368 e. The van der Waals surface area contributed by atoms with Gasteiger partial charge in [-0.3, -0.25) is 4.79 Å². The zero-order chi connectivity index (χ0) is 17.7. The third-order valence-electron chi connectivity index (χ3n) is 5.09. The van der Waals surface area contributed by atoms with E-state index in [2.05, 4.69) is 41.0 Å². The Balaban J connectivity index is 1.76. The van der Waals surface area contributed by atoms with E-state index in [1.165, 1.54) is 31.0 Å². The number of carbonyl (C=O) groups is 1. The van der Waals surface area contributed by atoms with Crippen LogP contribution in [0.1, 0.15) is 52.9 Å². The average Bonchev–Trinajstić information content (AvgIpc) is 2.52. The number of nitrogen functional groups attached to an aromatic ring is 2. The third kappa shape index (κ3) is 5.22. The Hall–Kier alpha value is -1.57. The van der Waals surface area contributed by atoms with E-state index in [4.69, 9.17) is 11.5 Å². The molecule has 1 aliphatic rings. The highest BCUT2D eigenvalue weighted by Gasteiger charge is 2.32. The first-order valence-corrected chi connectivity index (χ1v) is 9.48. The van der Waals surface area contributed by atoms with Crippen LogP contribution in [0, 0.1) is 11.3 Å². The van der Waals surface area contributed by atoms with Gasteiger partial charge in [0.15, 0.2) is 5.16 Å². The molecule has 0 radical (unpaired) electrons. The Morgan fingerprint density at radius 1 is 1.17 bits per heavy atom. The third-order valence-corrected chi connectivity index (χ3v) is 5.94. The van der Waals surface area contributed by atoms with Gasteiger partial charge >= 0.3 is 0 Å². The molecule has 24 heavy (non-hydrogen) atoms. The molecule has 0 saturated heterocycles. The molecule has 0 unspecified atom stereocenters. The number of amides is 1. The van der Waals surface area contributed by atoms with Crippen molar-refractivity contribution in [2.24, 2.45) is 11.3 Å². The molecule has 0 aromatic carbocycles. The average molecular weight is 353 g/mol. The van der Waals surface area contributed by atoms with E-state index in [0.717, 1.165) is 18.8 Å². The Kier molecular flexibility index (Phi) is 6.26. The second-order valence-electron chi connectivity index (χ2n) is 7.08. The maximum atomic E-state index is 12.1. The SMILES string of the molecule is CCC(C)(C)C1CCC(NC(=O)CSc2nc(N)nc(N)n2)CC1. The lowest BCUT2D eigenvalue weighted by Crippen LogP contribution is -2.40. The van der Waals surface area contributed by atoms with Crippen molar-refractivity contribution < 1.29 is 4.79 Å². The number of rotatable bonds is 6. The fourth-order valence-electron chi connectivity index (χ4n) is 3.16. The van der Waals surface area contributed by atoms with Gasteiger partial charge in [-0.15, -0.1) is 0 Å². The normalized spacial score (nSPS) is 21.5. The number of aromatic nitrogens is 3. The molecule has 1 aliphatic carbocycles. The topological polar surface area (TPSA) is 120 Å². The van der Waals surface area contributed by atoms with Crippen molar-refractivity contribution in [3.8, 4) is 0 Å². The Morgan fingerprint density at radius 2 is 1.75 bits per heavy atom. The van der Waals surface area contributed by atoms with E-state index in [1.807, 2.05) is 0 Å². The standard InChI is InChI=1S/C16H28N6OS/c1-4-16(2,3)10-5-7-11(8-6-10)19-12(23)9-24-15-21-13(17)20-14(18)22-15/h10-11H,4-9H2,1-3H3,(H,19,23)(H4,17,18,20,21,22). The van der Waals surface area contributed by atoms with Crippen molar-refractivity contribution in [2.75, 3.05) is 17.2 Å². The quantitative estimate of drug-likeness (QED) is 0.671. The van der Waals surface area contributed by atoms with Crippen LogP contribution in [0.5, 0.6) is 0 Å². The van der Waals surface area contributed by atoms with Gasteiger partial charge in [0.1, 0.15) is 0 Å². The summed E-state index contributed by atoms with van der Waals surface area (Å²) < 4.78 is 0. The van der Waals surface area contributed by atoms with Crippen molar-refractivity contribution in [1.82, 2.24) is 20.3 Å². The van der Waals surface area contributed by atoms with Crippen molar-refractivity contribution in [3.63, 3.8) is 0 Å². The second kappa shape index (κ2) is 8.00. The van der Waals surface area contributed by atoms with Gasteiger partial charge in [-0.25, -0.2) is 0 Å². The van der Waals surface area contributed by atoms with E-state index in [1.54, 1.807) is 0 Å². The van der Waals surface area contributed by atoms with Gasteiger partial charge in [0.05, 0.1) is 5.75 Å². The summed E-state index contributed by atoms with van der Waals surface area (Å²) in [5.41, 5.74) is 11.4. The van der Waals surface area contributed by atoms with Crippen molar-refractivity contribution >= 4 is 29.6 Å². The van der Waals surface area contributed by atoms with Crippen LogP contribution in [0.25, 0.3) is 0 Å². The monoisotopic (exact) mass is 352 g/mol. The Bertz CT molecular complexity index is 551. The molecule has 7 nitrogen and oxygen atoms in total. The molecular weight excluding hydrogens is 324 g/mol. The summed E-state index contributed by atoms with van der Waals surface area (Å²) in [5.74, 6) is 1.14. The lowest BCUT2D eigenvalue weighted by molar-refractivity contribution is -0.119. The van der Waals surface area contributed by atoms with Gasteiger partial charge in [0.25, 0.3) is 0 Å². The Labute approximate surface area is 147 Å². The molecule has 1 heterocycles. The van der Waals surface area contributed by atoms with Crippen molar-refractivity contribution in [2.45, 2.75) is 64.1 Å². The number of hydrogen-bond donors (Lipinski definition) is 3. The van der Waals surface area contributed by atoms with Crippen molar-refractivity contribution in [1.29, 1.82) is 0 Å². The molecule has 0 aliphatic heterocycles. The molecule has 1 saturated carbocycles. The highest BCUT2D eigenvalue weighted by molar-refractivity contribution is 7.99. The van der Waals surface area contributed by atoms with Crippen LogP contribution in [0.3, 0.4) is 0 Å². The molecule has 1 aromatic rings. The van der Waals surface area contributed by atoms with Gasteiger partial charge in [-0.05, 0) is 37.0 Å². The first kappa shape index (κ1) is 18.8. The summed E-state index contributed by atoms with van der Waals surface area (Å²) in [6, 6.07) is 0.274. The lowest BCUT2D eigenvalue weighted by atomic mass is 9.69. The first-order valence-electron chi connectivity index (χ1n) is 8.49. The van der Waals surface area contributed by atoms with Crippen LogP contribution in [0.4, 0.5) is 11.9 Å². The summed E-state index contributed by atoms with van der Waals surface area (Å²) >= 11 is 1.22. The summed E-state index contributed by atoms with van der Waals surface area (Å²) in [7, 11) is 0. The molecule has 2 rings (SSSR count). The molecule has 0 bridgehead atoms. The van der Waals surface area contributed by atoms with E-state index in [9.17, 15) is 4.79 Å². The number of thioether (sulfide) groups is 1. The van der Waals surface area contributed by atoms with Gasteiger partial charge in [-0.1, -0.05) is 39.0 Å². The molecule has 8 heteroatoms. The van der Waals surface area contributed by atoms with E-state index in [-0.39, 0.29) is 29.6 Å². The number of carbonyl (C=O) groups excluding carboxylic acids is 1. The number of nitrogens with two attached hydrogens (primary N) is 2. The summed E-state index contributed by atoms with van der Waals surface area (Å²) in [6.45, 7) is 6.95. The highest BCUT2D eigenvalue weighted by atomic mass is 32.2. The van der Waals surface area contributed by atoms with Gasteiger partial charge in [-0.2, -0.15) is 15.0 Å². The maximum absolute atomic E-state index is 12.1. The maximum Gasteiger partial charge on any atom is 0.230 e. The highest BCUT2D eigenvalue weighted by Crippen LogP contribution is 2.40. The van der Waals surface area contributed by atoms with Crippen LogP contribution in [-0.4, -0.2) is 32.7 Å². The Morgan fingerprint density at radius 3 is 2.29 bits per heavy atom. The van der Waals surface area contributed by atoms with Crippen LogP contribution in [-0.2, 0) is 4.79 Å². The fourth-order valence-corrected chi connectivity index (χ4v) is 3.82. The molecule has 1 aromatic heterocycles. The largest absolute Gasteiger partial charge is 0.368 e. The van der Waals surface area contributed by atoms with Crippen LogP contribution in [0.15, 0.2) is 5.16 Å². The number of hydrogen-bond acceptors (Lipinski definition) is 7. The van der Waals surface area contributed by atoms with E-state index in [0.29, 0.717) is 10.6 Å². The van der Waals surface area contributed by atoms with Gasteiger partial charge in [0.2, 0.25) is 17.8 Å². The molecule has 0 spiro atoms. The lowest BCUT2D eigenvalue weighted by Gasteiger charge is -2.39. The minimum absolute atomic E-state index is 0.00393. The zero-order valence-electron chi connectivity index (χ0n) is 14.7. The van der Waals surface area contributed by atoms with Gasteiger partial charge in [0, 0.05) is 6.04 Å². The predicted molar refractivity (Wildman–Crippen MR) is 97.3 cm³/mol.